The zero-order valence-corrected chi connectivity index (χ0v) is 7.16. The molecule has 0 aliphatic rings. The molecule has 1 aromatic heterocycles. The van der Waals surface area contributed by atoms with Gasteiger partial charge in [-0.1, -0.05) is 0 Å². The number of aromatic nitrogens is 3. The summed E-state index contributed by atoms with van der Waals surface area (Å²) in [6.07, 6.45) is 0.234. The normalized spacial score (nSPS) is 11.1. The van der Waals surface area contributed by atoms with E-state index in [9.17, 15) is 8.78 Å². The molecule has 6 heteroatoms. The highest BCUT2D eigenvalue weighted by Crippen LogP contribution is 2.02. The van der Waals surface area contributed by atoms with Crippen LogP contribution < -0.4 is 5.73 Å². The van der Waals surface area contributed by atoms with Crippen LogP contribution in [0, 0.1) is 0 Å². The summed E-state index contributed by atoms with van der Waals surface area (Å²) in [6.45, 7) is 0.140. The number of alkyl halides is 2. The van der Waals surface area contributed by atoms with E-state index in [0.29, 0.717) is 18.8 Å². The van der Waals surface area contributed by atoms with E-state index < -0.39 is 6.43 Å². The Labute approximate surface area is 74.8 Å². The summed E-state index contributed by atoms with van der Waals surface area (Å²) in [7, 11) is 0. The lowest BCUT2D eigenvalue weighted by molar-refractivity contribution is 0.120. The Morgan fingerprint density at radius 1 is 1.54 bits per heavy atom. The maximum atomic E-state index is 12.0. The molecule has 2 N–H and O–H groups in total. The molecule has 0 atom stereocenters. The van der Waals surface area contributed by atoms with Gasteiger partial charge in [-0.2, -0.15) is 5.10 Å². The quantitative estimate of drug-likeness (QED) is 0.732. The minimum absolute atomic E-state index is 0.389. The summed E-state index contributed by atoms with van der Waals surface area (Å²) in [6, 6.07) is 0. The van der Waals surface area contributed by atoms with E-state index in [4.69, 9.17) is 5.73 Å². The van der Waals surface area contributed by atoms with Crippen molar-refractivity contribution in [1.82, 2.24) is 14.8 Å². The van der Waals surface area contributed by atoms with Crippen LogP contribution in [0.4, 0.5) is 8.78 Å². The molecule has 0 aliphatic heterocycles. The maximum Gasteiger partial charge on any atom is 0.257 e. The predicted octanol–water partition coefficient (Wildman–Crippen LogP) is 0.434. The van der Waals surface area contributed by atoms with E-state index in [1.54, 1.807) is 0 Å². The van der Waals surface area contributed by atoms with Crippen molar-refractivity contribution < 1.29 is 8.78 Å². The molecular formula is C7H12F2N4. The average Bonchev–Trinajstić information content (AvgIpc) is 2.48. The Morgan fingerprint density at radius 3 is 2.92 bits per heavy atom. The molecular weight excluding hydrogens is 178 g/mol. The molecule has 0 fully saturated rings. The molecule has 1 aromatic rings. The van der Waals surface area contributed by atoms with Crippen molar-refractivity contribution in [3.8, 4) is 0 Å². The number of nitrogens with zero attached hydrogens (tertiary/aromatic N) is 3. The van der Waals surface area contributed by atoms with E-state index in [-0.39, 0.29) is 6.54 Å². The average molecular weight is 190 g/mol. The third-order valence-electron chi connectivity index (χ3n) is 1.61. The summed E-state index contributed by atoms with van der Waals surface area (Å²) in [5.41, 5.74) is 5.29. The van der Waals surface area contributed by atoms with Crippen molar-refractivity contribution >= 4 is 0 Å². The van der Waals surface area contributed by atoms with Gasteiger partial charge in [-0.15, -0.1) is 0 Å². The van der Waals surface area contributed by atoms with Crippen LogP contribution in [0.15, 0.2) is 6.33 Å². The first-order valence-electron chi connectivity index (χ1n) is 4.09. The minimum Gasteiger partial charge on any atom is -0.330 e. The van der Waals surface area contributed by atoms with E-state index in [1.165, 1.54) is 11.0 Å². The van der Waals surface area contributed by atoms with Gasteiger partial charge in [0.1, 0.15) is 18.7 Å². The number of rotatable bonds is 5. The number of hydrogen-bond acceptors (Lipinski definition) is 3. The first-order valence-corrected chi connectivity index (χ1v) is 4.09. The maximum absolute atomic E-state index is 12.0. The standard InChI is InChI=1S/C7H12F2N4/c8-6(9)4-13-7(2-1-3-10)11-5-12-13/h5-6H,1-4,10H2. The van der Waals surface area contributed by atoms with Gasteiger partial charge in [0.25, 0.3) is 6.43 Å². The molecule has 74 valence electrons. The van der Waals surface area contributed by atoms with Gasteiger partial charge in [0.15, 0.2) is 0 Å². The predicted molar refractivity (Wildman–Crippen MR) is 43.4 cm³/mol. The molecule has 0 aliphatic carbocycles. The SMILES string of the molecule is NCCCc1ncnn1CC(F)F. The largest absolute Gasteiger partial charge is 0.330 e. The van der Waals surface area contributed by atoms with Gasteiger partial charge in [0.2, 0.25) is 0 Å². The molecule has 4 nitrogen and oxygen atoms in total. The first-order chi connectivity index (χ1) is 6.24. The van der Waals surface area contributed by atoms with Crippen LogP contribution in [0.5, 0.6) is 0 Å². The van der Waals surface area contributed by atoms with Gasteiger partial charge in [-0.05, 0) is 13.0 Å². The van der Waals surface area contributed by atoms with Crippen LogP contribution in [0.1, 0.15) is 12.2 Å². The van der Waals surface area contributed by atoms with Crippen molar-refractivity contribution in [1.29, 1.82) is 0 Å². The van der Waals surface area contributed by atoms with Crippen LogP contribution in [0.2, 0.25) is 0 Å². The zero-order valence-electron chi connectivity index (χ0n) is 7.16. The van der Waals surface area contributed by atoms with Gasteiger partial charge in [0, 0.05) is 6.42 Å². The van der Waals surface area contributed by atoms with Crippen molar-refractivity contribution in [3.05, 3.63) is 12.2 Å². The third-order valence-corrected chi connectivity index (χ3v) is 1.61. The summed E-state index contributed by atoms with van der Waals surface area (Å²) < 4.78 is 25.2. The second-order valence-corrected chi connectivity index (χ2v) is 2.64. The topological polar surface area (TPSA) is 56.7 Å². The van der Waals surface area contributed by atoms with Crippen molar-refractivity contribution in [2.45, 2.75) is 25.8 Å². The van der Waals surface area contributed by atoms with E-state index in [1.807, 2.05) is 0 Å². The molecule has 1 rings (SSSR count). The van der Waals surface area contributed by atoms with Crippen LogP contribution in [-0.4, -0.2) is 27.7 Å². The zero-order chi connectivity index (χ0) is 9.68. The lowest BCUT2D eigenvalue weighted by Gasteiger charge is -2.03. The van der Waals surface area contributed by atoms with E-state index in [0.717, 1.165) is 6.42 Å². The van der Waals surface area contributed by atoms with Gasteiger partial charge in [0.05, 0.1) is 0 Å². The summed E-state index contributed by atoms with van der Waals surface area (Å²) >= 11 is 0. The smallest absolute Gasteiger partial charge is 0.257 e. The highest BCUT2D eigenvalue weighted by atomic mass is 19.3. The Morgan fingerprint density at radius 2 is 2.31 bits per heavy atom. The number of nitrogens with two attached hydrogens (primary N) is 1. The van der Waals surface area contributed by atoms with Gasteiger partial charge >= 0.3 is 0 Å². The van der Waals surface area contributed by atoms with Crippen LogP contribution in [0.3, 0.4) is 0 Å². The van der Waals surface area contributed by atoms with Crippen molar-refractivity contribution in [2.75, 3.05) is 6.54 Å². The molecule has 1 heterocycles. The first kappa shape index (κ1) is 10.0. The number of halogens is 2. The van der Waals surface area contributed by atoms with Crippen LogP contribution in [0.25, 0.3) is 0 Å². The molecule has 0 unspecified atom stereocenters. The van der Waals surface area contributed by atoms with Crippen molar-refractivity contribution in [3.63, 3.8) is 0 Å². The molecule has 0 saturated heterocycles. The molecule has 0 saturated carbocycles. The molecule has 0 radical (unpaired) electrons. The Bertz CT molecular complexity index is 248. The lowest BCUT2D eigenvalue weighted by Crippen LogP contribution is -2.13. The molecule has 0 aromatic carbocycles. The van der Waals surface area contributed by atoms with Gasteiger partial charge in [-0.25, -0.2) is 18.4 Å². The van der Waals surface area contributed by atoms with Crippen LogP contribution >= 0.6 is 0 Å². The summed E-state index contributed by atoms with van der Waals surface area (Å²) in [5, 5.41) is 3.69. The fraction of sp³-hybridized carbons (Fsp3) is 0.714. The Hall–Kier alpha value is -1.04. The van der Waals surface area contributed by atoms with Crippen LogP contribution in [-0.2, 0) is 13.0 Å². The fourth-order valence-corrected chi connectivity index (χ4v) is 1.03. The molecule has 0 spiro atoms. The monoisotopic (exact) mass is 190 g/mol. The number of hydrogen-bond donors (Lipinski definition) is 1. The highest BCUT2D eigenvalue weighted by Gasteiger charge is 2.09. The Balaban J connectivity index is 2.55. The fourth-order valence-electron chi connectivity index (χ4n) is 1.03. The molecule has 13 heavy (non-hydrogen) atoms. The molecule has 0 bridgehead atoms. The van der Waals surface area contributed by atoms with E-state index >= 15 is 0 Å². The van der Waals surface area contributed by atoms with Crippen molar-refractivity contribution in [2.24, 2.45) is 5.73 Å². The summed E-state index contributed by atoms with van der Waals surface area (Å²) in [4.78, 5) is 3.87. The third kappa shape index (κ3) is 3.06. The highest BCUT2D eigenvalue weighted by molar-refractivity contribution is 4.84. The Kier molecular flexibility index (Phi) is 3.75. The minimum atomic E-state index is -2.39. The lowest BCUT2D eigenvalue weighted by atomic mass is 10.3. The molecule has 0 amide bonds. The van der Waals surface area contributed by atoms with E-state index in [2.05, 4.69) is 10.1 Å². The summed E-state index contributed by atoms with van der Waals surface area (Å²) in [5.74, 6) is 0.575. The number of aryl methyl sites for hydroxylation is 1. The second kappa shape index (κ2) is 4.86. The van der Waals surface area contributed by atoms with Gasteiger partial charge in [-0.3, -0.25) is 0 Å². The second-order valence-electron chi connectivity index (χ2n) is 2.64. The van der Waals surface area contributed by atoms with Gasteiger partial charge < -0.3 is 5.73 Å².